The van der Waals surface area contributed by atoms with Gasteiger partial charge in [0.25, 0.3) is 0 Å². The van der Waals surface area contributed by atoms with Crippen LogP contribution in [0.4, 0.5) is 5.69 Å². The summed E-state index contributed by atoms with van der Waals surface area (Å²) >= 11 is 0. The van der Waals surface area contributed by atoms with Crippen molar-refractivity contribution in [2.24, 2.45) is 0 Å². The van der Waals surface area contributed by atoms with Gasteiger partial charge >= 0.3 is 5.97 Å². The molecule has 28 heavy (non-hydrogen) atoms. The maximum atomic E-state index is 12.4. The molecule has 0 saturated carbocycles. The smallest absolute Gasteiger partial charge is 0.374 e. The summed E-state index contributed by atoms with van der Waals surface area (Å²) in [6.45, 7) is 6.65. The number of carbonyl (C=O) groups excluding carboxylic acids is 1. The van der Waals surface area contributed by atoms with E-state index in [2.05, 4.69) is 34.1 Å². The zero-order valence-electron chi connectivity index (χ0n) is 16.0. The van der Waals surface area contributed by atoms with Crippen molar-refractivity contribution >= 4 is 35.0 Å². The van der Waals surface area contributed by atoms with Crippen LogP contribution in [0.1, 0.15) is 23.0 Å². The van der Waals surface area contributed by atoms with Gasteiger partial charge in [0.05, 0.1) is 6.61 Å². The van der Waals surface area contributed by atoms with E-state index >= 15 is 0 Å². The van der Waals surface area contributed by atoms with Crippen LogP contribution in [-0.2, 0) is 11.3 Å². The number of furan rings is 1. The van der Waals surface area contributed by atoms with Crippen LogP contribution in [0.2, 0.25) is 0 Å². The van der Waals surface area contributed by atoms with Gasteiger partial charge in [0.2, 0.25) is 5.76 Å². The Morgan fingerprint density at radius 3 is 2.39 bits per heavy atom. The second-order valence-electron chi connectivity index (χ2n) is 6.73. The number of nitrogens with zero attached hydrogens (tertiary/aromatic N) is 2. The number of benzene rings is 2. The Kier molecular flexibility index (Phi) is 6.60. The van der Waals surface area contributed by atoms with Crippen molar-refractivity contribution in [3.63, 3.8) is 0 Å². The fourth-order valence-corrected chi connectivity index (χ4v) is 3.64. The summed E-state index contributed by atoms with van der Waals surface area (Å²) in [5.41, 5.74) is 2.92. The van der Waals surface area contributed by atoms with Gasteiger partial charge in [-0.3, -0.25) is 4.90 Å². The molecule has 0 N–H and O–H groups in total. The number of esters is 1. The third-order valence-corrected chi connectivity index (χ3v) is 5.03. The molecule has 0 atom stereocenters. The molecule has 6 heteroatoms. The van der Waals surface area contributed by atoms with Crippen LogP contribution in [0.15, 0.2) is 59.0 Å². The summed E-state index contributed by atoms with van der Waals surface area (Å²) in [7, 11) is 0. The number of rotatable bonds is 5. The van der Waals surface area contributed by atoms with Crippen molar-refractivity contribution in [2.45, 2.75) is 13.5 Å². The lowest BCUT2D eigenvalue weighted by atomic mass is 10.1. The minimum Gasteiger partial charge on any atom is -0.460 e. The Hall–Kier alpha value is -2.50. The molecule has 0 spiro atoms. The number of hydrogen-bond donors (Lipinski definition) is 0. The number of fused-ring (bicyclic) bond motifs is 1. The summed E-state index contributed by atoms with van der Waals surface area (Å²) in [6, 6.07) is 18.3. The van der Waals surface area contributed by atoms with E-state index in [4.69, 9.17) is 9.15 Å². The van der Waals surface area contributed by atoms with Gasteiger partial charge in [-0.15, -0.1) is 12.4 Å². The van der Waals surface area contributed by atoms with Gasteiger partial charge in [0.1, 0.15) is 5.58 Å². The highest BCUT2D eigenvalue weighted by Crippen LogP contribution is 2.28. The molecule has 1 saturated heterocycles. The molecule has 3 aromatic rings. The number of carbonyl (C=O) groups is 1. The third-order valence-electron chi connectivity index (χ3n) is 5.03. The molecule has 2 aromatic carbocycles. The number of ether oxygens (including phenoxy) is 1. The SMILES string of the molecule is CCOC(=O)c1oc2ccccc2c1CN1CCN(c2ccccc2)CC1.Cl. The van der Waals surface area contributed by atoms with Crippen LogP contribution >= 0.6 is 12.4 Å². The van der Waals surface area contributed by atoms with Crippen LogP contribution in [0.25, 0.3) is 11.0 Å². The summed E-state index contributed by atoms with van der Waals surface area (Å²) in [4.78, 5) is 17.1. The van der Waals surface area contributed by atoms with Gasteiger partial charge in [0, 0.05) is 49.4 Å². The maximum absolute atomic E-state index is 12.4. The zero-order valence-corrected chi connectivity index (χ0v) is 16.8. The first-order chi connectivity index (χ1) is 13.3. The van der Waals surface area contributed by atoms with Gasteiger partial charge < -0.3 is 14.1 Å². The number of piperazine rings is 1. The molecule has 0 bridgehead atoms. The molecular formula is C22H25ClN2O3. The van der Waals surface area contributed by atoms with Gasteiger partial charge in [-0.25, -0.2) is 4.79 Å². The Labute approximate surface area is 171 Å². The summed E-state index contributed by atoms with van der Waals surface area (Å²) < 4.78 is 11.0. The lowest BCUT2D eigenvalue weighted by Gasteiger charge is -2.36. The molecular weight excluding hydrogens is 376 g/mol. The maximum Gasteiger partial charge on any atom is 0.374 e. The average Bonchev–Trinajstić information content (AvgIpc) is 3.08. The molecule has 1 aromatic heterocycles. The highest BCUT2D eigenvalue weighted by atomic mass is 35.5. The molecule has 1 fully saturated rings. The number of halogens is 1. The largest absolute Gasteiger partial charge is 0.460 e. The topological polar surface area (TPSA) is 45.9 Å². The van der Waals surface area contributed by atoms with Crippen LogP contribution in [-0.4, -0.2) is 43.7 Å². The highest BCUT2D eigenvalue weighted by molar-refractivity contribution is 5.96. The quantitative estimate of drug-likeness (QED) is 0.596. The summed E-state index contributed by atoms with van der Waals surface area (Å²) in [5, 5.41) is 0.992. The predicted octanol–water partition coefficient (Wildman–Crippen LogP) is 4.35. The molecule has 0 aliphatic carbocycles. The summed E-state index contributed by atoms with van der Waals surface area (Å²) in [6.07, 6.45) is 0. The van der Waals surface area contributed by atoms with E-state index in [1.165, 1.54) is 5.69 Å². The minimum atomic E-state index is -0.383. The Bertz CT molecular complexity index is 918. The van der Waals surface area contributed by atoms with Crippen molar-refractivity contribution < 1.29 is 13.9 Å². The van der Waals surface area contributed by atoms with E-state index < -0.39 is 0 Å². The van der Waals surface area contributed by atoms with Crippen molar-refractivity contribution in [1.82, 2.24) is 4.90 Å². The van der Waals surface area contributed by atoms with E-state index in [1.54, 1.807) is 0 Å². The molecule has 0 radical (unpaired) electrons. The molecule has 0 unspecified atom stereocenters. The lowest BCUT2D eigenvalue weighted by molar-refractivity contribution is 0.0489. The molecule has 148 valence electrons. The molecule has 5 nitrogen and oxygen atoms in total. The zero-order chi connectivity index (χ0) is 18.6. The first kappa shape index (κ1) is 20.2. The Balaban J connectivity index is 0.00000225. The van der Waals surface area contributed by atoms with Crippen LogP contribution < -0.4 is 4.90 Å². The van der Waals surface area contributed by atoms with Crippen molar-refractivity contribution in [1.29, 1.82) is 0 Å². The molecule has 0 amide bonds. The van der Waals surface area contributed by atoms with Gasteiger partial charge in [0.15, 0.2) is 0 Å². The third kappa shape index (κ3) is 4.16. The van der Waals surface area contributed by atoms with Gasteiger partial charge in [-0.2, -0.15) is 0 Å². The van der Waals surface area contributed by atoms with Crippen molar-refractivity contribution in [2.75, 3.05) is 37.7 Å². The molecule has 4 rings (SSSR count). The second-order valence-corrected chi connectivity index (χ2v) is 6.73. The van der Waals surface area contributed by atoms with E-state index in [1.807, 2.05) is 37.3 Å². The first-order valence-corrected chi connectivity index (χ1v) is 9.46. The van der Waals surface area contributed by atoms with Crippen LogP contribution in [0.5, 0.6) is 0 Å². The standard InChI is InChI=1S/C22H24N2O3.ClH/c1-2-26-22(25)21-19(18-10-6-7-11-20(18)27-21)16-23-12-14-24(15-13-23)17-8-4-3-5-9-17;/h3-11H,2,12-16H2,1H3;1H. The van der Waals surface area contributed by atoms with Crippen molar-refractivity contribution in [3.05, 3.63) is 65.9 Å². The number of anilines is 1. The van der Waals surface area contributed by atoms with Crippen molar-refractivity contribution in [3.8, 4) is 0 Å². The summed E-state index contributed by atoms with van der Waals surface area (Å²) in [5.74, 6) is -0.0461. The highest BCUT2D eigenvalue weighted by Gasteiger charge is 2.25. The number of hydrogen-bond acceptors (Lipinski definition) is 5. The number of para-hydroxylation sites is 2. The Morgan fingerprint density at radius 2 is 1.68 bits per heavy atom. The van der Waals surface area contributed by atoms with E-state index in [0.717, 1.165) is 42.7 Å². The second kappa shape index (κ2) is 9.13. The first-order valence-electron chi connectivity index (χ1n) is 9.46. The lowest BCUT2D eigenvalue weighted by Crippen LogP contribution is -2.46. The minimum absolute atomic E-state index is 0. The van der Waals surface area contributed by atoms with Gasteiger partial charge in [-0.1, -0.05) is 36.4 Å². The fourth-order valence-electron chi connectivity index (χ4n) is 3.64. The Morgan fingerprint density at radius 1 is 1.00 bits per heavy atom. The van der Waals surface area contributed by atoms with Crippen LogP contribution in [0, 0.1) is 0 Å². The fraction of sp³-hybridized carbons (Fsp3) is 0.318. The molecule has 1 aliphatic rings. The monoisotopic (exact) mass is 400 g/mol. The predicted molar refractivity (Wildman–Crippen MR) is 113 cm³/mol. The average molecular weight is 401 g/mol. The van der Waals surface area contributed by atoms with E-state index in [-0.39, 0.29) is 18.4 Å². The molecule has 2 heterocycles. The van der Waals surface area contributed by atoms with Gasteiger partial charge in [-0.05, 0) is 25.1 Å². The van der Waals surface area contributed by atoms with E-state index in [9.17, 15) is 4.79 Å². The molecule has 1 aliphatic heterocycles. The normalized spacial score (nSPS) is 14.7. The van der Waals surface area contributed by atoms with E-state index in [0.29, 0.717) is 18.9 Å². The van der Waals surface area contributed by atoms with Crippen LogP contribution in [0.3, 0.4) is 0 Å².